The van der Waals surface area contributed by atoms with Crippen LogP contribution in [0.2, 0.25) is 0 Å². The van der Waals surface area contributed by atoms with Crippen molar-refractivity contribution in [1.82, 2.24) is 9.62 Å². The number of rotatable bonds is 8. The average molecular weight is 433 g/mol. The summed E-state index contributed by atoms with van der Waals surface area (Å²) in [4.78, 5) is 12.6. The van der Waals surface area contributed by atoms with Gasteiger partial charge in [-0.3, -0.25) is 4.79 Å². The molecule has 1 N–H and O–H groups in total. The maximum absolute atomic E-state index is 12.7. The van der Waals surface area contributed by atoms with Crippen molar-refractivity contribution in [3.63, 3.8) is 0 Å². The number of amides is 1. The zero-order valence-corrected chi connectivity index (χ0v) is 18.6. The predicted octanol–water partition coefficient (Wildman–Crippen LogP) is 2.65. The number of hydrogen-bond acceptors (Lipinski definition) is 5. The van der Waals surface area contributed by atoms with Crippen LogP contribution in [0, 0.1) is 6.92 Å². The first kappa shape index (κ1) is 22.1. The Bertz CT molecular complexity index is 1020. The van der Waals surface area contributed by atoms with Crippen molar-refractivity contribution in [2.75, 3.05) is 20.2 Å². The first-order chi connectivity index (χ1) is 14.2. The van der Waals surface area contributed by atoms with Crippen LogP contribution < -0.4 is 14.8 Å². The number of carbonyl (C=O) groups excluding carboxylic acids is 1. The number of nitrogens with one attached hydrogen (secondary N) is 1. The summed E-state index contributed by atoms with van der Waals surface area (Å²) in [6.45, 7) is 6.24. The second-order valence-corrected chi connectivity index (χ2v) is 9.53. The molecule has 1 atom stereocenters. The first-order valence-corrected chi connectivity index (χ1v) is 11.4. The minimum atomic E-state index is -3.74. The highest BCUT2D eigenvalue weighted by atomic mass is 32.2. The van der Waals surface area contributed by atoms with E-state index in [-0.39, 0.29) is 24.1 Å². The van der Waals surface area contributed by atoms with E-state index in [0.717, 1.165) is 33.2 Å². The summed E-state index contributed by atoms with van der Waals surface area (Å²) in [5.41, 5.74) is 2.85. The molecule has 1 aliphatic heterocycles. The zero-order chi connectivity index (χ0) is 21.9. The van der Waals surface area contributed by atoms with Gasteiger partial charge >= 0.3 is 0 Å². The van der Waals surface area contributed by atoms with Crippen molar-refractivity contribution in [2.24, 2.45) is 0 Å². The third-order valence-corrected chi connectivity index (χ3v) is 6.77. The predicted molar refractivity (Wildman–Crippen MR) is 114 cm³/mol. The molecule has 30 heavy (non-hydrogen) atoms. The minimum Gasteiger partial charge on any atom is -0.494 e. The molecule has 0 aliphatic carbocycles. The Morgan fingerprint density at radius 1 is 1.27 bits per heavy atom. The third-order valence-electron chi connectivity index (χ3n) is 4.95. The average Bonchev–Trinajstić information content (AvgIpc) is 3.05. The van der Waals surface area contributed by atoms with Gasteiger partial charge in [0.1, 0.15) is 17.6 Å². The number of likely N-dealkylation sites (N-methyl/N-ethyl adjacent to an activating group) is 1. The Morgan fingerprint density at radius 2 is 1.97 bits per heavy atom. The number of fused-ring (bicyclic) bond motifs is 1. The summed E-state index contributed by atoms with van der Waals surface area (Å²) in [6, 6.07) is 10.4. The van der Waals surface area contributed by atoms with Gasteiger partial charge in [-0.15, -0.1) is 0 Å². The lowest BCUT2D eigenvalue weighted by molar-refractivity contribution is -0.121. The number of sulfonamides is 1. The molecule has 0 bridgehead atoms. The molecule has 0 saturated carbocycles. The van der Waals surface area contributed by atoms with E-state index in [2.05, 4.69) is 5.32 Å². The molecule has 2 aromatic carbocycles. The van der Waals surface area contributed by atoms with Gasteiger partial charge in [0.15, 0.2) is 0 Å². The normalized spacial score (nSPS) is 15.6. The molecular weight excluding hydrogens is 404 g/mol. The Balaban J connectivity index is 1.66. The third kappa shape index (κ3) is 4.94. The number of benzene rings is 2. The lowest BCUT2D eigenvalue weighted by Gasteiger charge is -2.18. The smallest absolute Gasteiger partial charge is 0.243 e. The zero-order valence-electron chi connectivity index (χ0n) is 17.8. The number of hydrogen-bond donors (Lipinski definition) is 1. The van der Waals surface area contributed by atoms with Crippen molar-refractivity contribution in [2.45, 2.75) is 44.7 Å². The van der Waals surface area contributed by atoms with E-state index in [0.29, 0.717) is 12.4 Å². The Kier molecular flexibility index (Phi) is 6.67. The molecule has 2 aromatic rings. The van der Waals surface area contributed by atoms with E-state index >= 15 is 0 Å². The number of ether oxygens (including phenoxy) is 2. The SMILES string of the molecule is CCOc1cc2c(cc1CNC(=O)CN(C)S(=O)(=O)c1ccc(C)cc1)OC(C)C2. The second kappa shape index (κ2) is 9.06. The van der Waals surface area contributed by atoms with Crippen LogP contribution in [0.15, 0.2) is 41.3 Å². The van der Waals surface area contributed by atoms with Crippen molar-refractivity contribution in [3.8, 4) is 11.5 Å². The fourth-order valence-electron chi connectivity index (χ4n) is 3.34. The second-order valence-electron chi connectivity index (χ2n) is 7.48. The highest BCUT2D eigenvalue weighted by Crippen LogP contribution is 2.35. The van der Waals surface area contributed by atoms with Crippen LogP contribution in [-0.4, -0.2) is 44.9 Å². The Hall–Kier alpha value is -2.58. The summed E-state index contributed by atoms with van der Waals surface area (Å²) >= 11 is 0. The van der Waals surface area contributed by atoms with Gasteiger partial charge in [-0.05, 0) is 45.0 Å². The molecule has 0 aromatic heterocycles. The topological polar surface area (TPSA) is 84.9 Å². The van der Waals surface area contributed by atoms with E-state index in [1.54, 1.807) is 24.3 Å². The van der Waals surface area contributed by atoms with Crippen molar-refractivity contribution in [3.05, 3.63) is 53.1 Å². The molecule has 0 fully saturated rings. The molecule has 8 heteroatoms. The first-order valence-electron chi connectivity index (χ1n) is 9.95. The molecular formula is C22H28N2O5S. The number of nitrogens with zero attached hydrogens (tertiary/aromatic N) is 1. The van der Waals surface area contributed by atoms with Crippen LogP contribution in [0.25, 0.3) is 0 Å². The fraction of sp³-hybridized carbons (Fsp3) is 0.409. The molecule has 1 aliphatic rings. The summed E-state index contributed by atoms with van der Waals surface area (Å²) in [7, 11) is -2.34. The molecule has 1 amide bonds. The van der Waals surface area contributed by atoms with Crippen LogP contribution in [0.4, 0.5) is 0 Å². The molecule has 0 saturated heterocycles. The lowest BCUT2D eigenvalue weighted by Crippen LogP contribution is -2.38. The fourth-order valence-corrected chi connectivity index (χ4v) is 4.46. The Labute approximate surface area is 178 Å². The van der Waals surface area contributed by atoms with Gasteiger partial charge in [0, 0.05) is 31.1 Å². The van der Waals surface area contributed by atoms with Crippen LogP contribution in [-0.2, 0) is 27.8 Å². The van der Waals surface area contributed by atoms with E-state index in [1.807, 2.05) is 32.9 Å². The molecule has 162 valence electrons. The van der Waals surface area contributed by atoms with Crippen LogP contribution in [0.1, 0.15) is 30.5 Å². The van der Waals surface area contributed by atoms with E-state index < -0.39 is 15.9 Å². The molecule has 1 unspecified atom stereocenters. The Morgan fingerprint density at radius 3 is 2.63 bits per heavy atom. The van der Waals surface area contributed by atoms with Crippen LogP contribution in [0.5, 0.6) is 11.5 Å². The quantitative estimate of drug-likeness (QED) is 0.693. The molecule has 1 heterocycles. The van der Waals surface area contributed by atoms with Crippen molar-refractivity contribution < 1.29 is 22.7 Å². The van der Waals surface area contributed by atoms with Gasteiger partial charge in [-0.25, -0.2) is 8.42 Å². The maximum Gasteiger partial charge on any atom is 0.243 e. The van der Waals surface area contributed by atoms with Gasteiger partial charge in [-0.2, -0.15) is 4.31 Å². The van der Waals surface area contributed by atoms with Gasteiger partial charge in [-0.1, -0.05) is 17.7 Å². The van der Waals surface area contributed by atoms with Gasteiger partial charge in [0.05, 0.1) is 18.0 Å². The van der Waals surface area contributed by atoms with Gasteiger partial charge < -0.3 is 14.8 Å². The number of carbonyl (C=O) groups is 1. The monoisotopic (exact) mass is 432 g/mol. The van der Waals surface area contributed by atoms with E-state index in [1.165, 1.54) is 7.05 Å². The standard InChI is InChI=1S/C22H28N2O5S/c1-5-28-20-11-17-10-16(3)29-21(17)12-18(20)13-23-22(25)14-24(4)30(26,27)19-8-6-15(2)7-9-19/h6-9,11-12,16H,5,10,13-14H2,1-4H3,(H,23,25). The van der Waals surface area contributed by atoms with E-state index in [4.69, 9.17) is 9.47 Å². The highest BCUT2D eigenvalue weighted by molar-refractivity contribution is 7.89. The van der Waals surface area contributed by atoms with Crippen LogP contribution in [0.3, 0.4) is 0 Å². The van der Waals surface area contributed by atoms with Gasteiger partial charge in [0.2, 0.25) is 15.9 Å². The molecule has 0 spiro atoms. The lowest BCUT2D eigenvalue weighted by atomic mass is 10.1. The summed E-state index contributed by atoms with van der Waals surface area (Å²) in [5, 5.41) is 2.78. The summed E-state index contributed by atoms with van der Waals surface area (Å²) in [5.74, 6) is 1.11. The minimum absolute atomic E-state index is 0.111. The molecule has 3 rings (SSSR count). The molecule has 0 radical (unpaired) electrons. The van der Waals surface area contributed by atoms with Crippen LogP contribution >= 0.6 is 0 Å². The van der Waals surface area contributed by atoms with Gasteiger partial charge in [0.25, 0.3) is 0 Å². The highest BCUT2D eigenvalue weighted by Gasteiger charge is 2.24. The summed E-state index contributed by atoms with van der Waals surface area (Å²) < 4.78 is 37.9. The molecule has 7 nitrogen and oxygen atoms in total. The van der Waals surface area contributed by atoms with Crippen molar-refractivity contribution in [1.29, 1.82) is 0 Å². The van der Waals surface area contributed by atoms with E-state index in [9.17, 15) is 13.2 Å². The largest absolute Gasteiger partial charge is 0.494 e. The van der Waals surface area contributed by atoms with Crippen molar-refractivity contribution >= 4 is 15.9 Å². The maximum atomic E-state index is 12.7. The number of aryl methyl sites for hydroxylation is 1. The summed E-state index contributed by atoms with van der Waals surface area (Å²) in [6.07, 6.45) is 0.934.